The monoisotopic (exact) mass is 632 g/mol. The van der Waals surface area contributed by atoms with Crippen LogP contribution in [0.4, 0.5) is 22.7 Å². The molecule has 8 aromatic rings. The highest BCUT2D eigenvalue weighted by Crippen LogP contribution is 2.47. The van der Waals surface area contributed by atoms with E-state index in [-0.39, 0.29) is 0 Å². The predicted octanol–water partition coefficient (Wildman–Crippen LogP) is 9.80. The molecule has 1 aromatic heterocycles. The molecular formula is C42H28N6O+2. The van der Waals surface area contributed by atoms with Crippen molar-refractivity contribution in [1.82, 2.24) is 29.4 Å². The highest BCUT2D eigenvalue weighted by atomic mass is 16.5. The molecule has 0 aliphatic carbocycles. The van der Waals surface area contributed by atoms with Gasteiger partial charge in [0.2, 0.25) is 11.4 Å². The summed E-state index contributed by atoms with van der Waals surface area (Å²) in [6.45, 7) is 0. The first-order chi connectivity index (χ1) is 24.3. The molecule has 0 fully saturated rings. The van der Waals surface area contributed by atoms with E-state index in [2.05, 4.69) is 152 Å². The van der Waals surface area contributed by atoms with Crippen LogP contribution in [0.15, 0.2) is 170 Å². The maximum absolute atomic E-state index is 6.38. The van der Waals surface area contributed by atoms with Crippen molar-refractivity contribution < 1.29 is 4.74 Å². The van der Waals surface area contributed by atoms with Crippen LogP contribution in [0.1, 0.15) is 0 Å². The average molecular weight is 633 g/mol. The summed E-state index contributed by atoms with van der Waals surface area (Å²) in [5.41, 5.74) is 9.34. The maximum Gasteiger partial charge on any atom is 0.503 e. The summed E-state index contributed by atoms with van der Waals surface area (Å²) in [5, 5.41) is 14.3. The molecule has 0 unspecified atom stereocenters. The van der Waals surface area contributed by atoms with Crippen molar-refractivity contribution in [3.05, 3.63) is 170 Å². The van der Waals surface area contributed by atoms with Crippen LogP contribution >= 0.6 is 0 Å². The predicted molar refractivity (Wildman–Crippen MR) is 195 cm³/mol. The molecule has 1 aliphatic rings. The Morgan fingerprint density at radius 1 is 0.551 bits per heavy atom. The van der Waals surface area contributed by atoms with Gasteiger partial charge in [0, 0.05) is 18.2 Å². The van der Waals surface area contributed by atoms with Gasteiger partial charge in [-0.3, -0.25) is 0 Å². The lowest BCUT2D eigenvalue weighted by molar-refractivity contribution is 0.481. The molecule has 7 heteroatoms. The van der Waals surface area contributed by atoms with Crippen LogP contribution < -0.4 is 13.9 Å². The number of hydrogen-bond acceptors (Lipinski definition) is 4. The minimum absolute atomic E-state index is 0.665. The van der Waals surface area contributed by atoms with Crippen LogP contribution in [0, 0.1) is 0 Å². The molecule has 0 saturated carbocycles. The Morgan fingerprint density at radius 2 is 1.22 bits per heavy atom. The average Bonchev–Trinajstić information content (AvgIpc) is 3.85. The number of ether oxygens (including phenoxy) is 1. The molecular weight excluding hydrogens is 605 g/mol. The Hall–Kier alpha value is -6.95. The number of benzene rings is 7. The zero-order valence-corrected chi connectivity index (χ0v) is 26.3. The molecule has 0 radical (unpaired) electrons. The standard InChI is InChI=1S/C42H28N6O/c1-3-12-30(13-4-1)37-22-11-23-38(31-14-5-2-6-15-31)41(37)47-29-46(40-25-24-32-16-7-8-21-39(32)42(40)47)33-17-9-19-35(26-33)49-36-20-10-18-34(27-36)48-44-28-43-45-48/h1-28H/q+2. The highest BCUT2D eigenvalue weighted by Gasteiger charge is 2.41. The SMILES string of the molecule is C1=[N+](c2cccc(Oc3cccc(-n4ncnn4)c3)c2)c2ccc3ccccc3c2[N+]=1c1c(-c2ccccc2)cccc1-c1ccccc1. The maximum atomic E-state index is 6.38. The largest absolute Gasteiger partial charge is 0.503 e. The molecule has 0 atom stereocenters. The topological polar surface area (TPSA) is 58.9 Å². The van der Waals surface area contributed by atoms with Crippen LogP contribution in [0.25, 0.3) is 38.7 Å². The van der Waals surface area contributed by atoms with Gasteiger partial charge in [0.1, 0.15) is 11.5 Å². The van der Waals surface area contributed by atoms with E-state index in [1.165, 1.54) is 11.1 Å². The van der Waals surface area contributed by atoms with Gasteiger partial charge in [-0.05, 0) is 73.3 Å². The third-order valence-electron chi connectivity index (χ3n) is 8.68. The van der Waals surface area contributed by atoms with Gasteiger partial charge >= 0.3 is 11.7 Å². The first-order valence-corrected chi connectivity index (χ1v) is 16.0. The second-order valence-corrected chi connectivity index (χ2v) is 11.7. The van der Waals surface area contributed by atoms with Gasteiger partial charge in [0.25, 0.3) is 5.69 Å². The Kier molecular flexibility index (Phi) is 6.93. The molecule has 0 N–H and O–H groups in total. The first-order valence-electron chi connectivity index (χ1n) is 16.0. The summed E-state index contributed by atoms with van der Waals surface area (Å²) >= 11 is 0. The van der Waals surface area contributed by atoms with Crippen LogP contribution in [-0.2, 0) is 0 Å². The fraction of sp³-hybridized carbons (Fsp3) is 0. The molecule has 230 valence electrons. The molecule has 9 rings (SSSR count). The van der Waals surface area contributed by atoms with Gasteiger partial charge in [0.05, 0.1) is 28.3 Å². The number of rotatable bonds is 7. The zero-order valence-electron chi connectivity index (χ0n) is 26.3. The third kappa shape index (κ3) is 5.17. The van der Waals surface area contributed by atoms with E-state index in [1.54, 1.807) is 0 Å². The van der Waals surface area contributed by atoms with Gasteiger partial charge in [0.15, 0.2) is 6.33 Å². The minimum atomic E-state index is 0.665. The minimum Gasteiger partial charge on any atom is -0.457 e. The van der Waals surface area contributed by atoms with E-state index < -0.39 is 0 Å². The number of tetrazole rings is 1. The summed E-state index contributed by atoms with van der Waals surface area (Å²) in [5.74, 6) is 1.36. The van der Waals surface area contributed by atoms with E-state index in [0.717, 1.165) is 61.5 Å². The van der Waals surface area contributed by atoms with Gasteiger partial charge < -0.3 is 4.74 Å². The Balaban J connectivity index is 1.25. The smallest absolute Gasteiger partial charge is 0.457 e. The zero-order chi connectivity index (χ0) is 32.6. The number of nitrogens with zero attached hydrogens (tertiary/aromatic N) is 6. The van der Waals surface area contributed by atoms with Crippen LogP contribution in [0.2, 0.25) is 0 Å². The van der Waals surface area contributed by atoms with Gasteiger partial charge in [-0.1, -0.05) is 97.1 Å². The molecule has 7 nitrogen and oxygen atoms in total. The quantitative estimate of drug-likeness (QED) is 0.164. The summed E-state index contributed by atoms with van der Waals surface area (Å²) in [4.78, 5) is 1.46. The lowest BCUT2D eigenvalue weighted by Crippen LogP contribution is -2.05. The molecule has 0 spiro atoms. The second-order valence-electron chi connectivity index (χ2n) is 11.7. The number of aromatic nitrogens is 4. The van der Waals surface area contributed by atoms with Crippen molar-refractivity contribution in [2.75, 3.05) is 0 Å². The normalized spacial score (nSPS) is 12.0. The van der Waals surface area contributed by atoms with Crippen molar-refractivity contribution in [2.45, 2.75) is 0 Å². The molecule has 2 heterocycles. The highest BCUT2D eigenvalue weighted by molar-refractivity contribution is 6.06. The molecule has 0 saturated heterocycles. The van der Waals surface area contributed by atoms with Crippen LogP contribution in [0.3, 0.4) is 0 Å². The lowest BCUT2D eigenvalue weighted by Gasteiger charge is -2.11. The van der Waals surface area contributed by atoms with Crippen molar-refractivity contribution in [3.8, 4) is 39.4 Å². The lowest BCUT2D eigenvalue weighted by atomic mass is 9.95. The van der Waals surface area contributed by atoms with Gasteiger partial charge in [-0.25, -0.2) is 0 Å². The van der Waals surface area contributed by atoms with Gasteiger partial charge in [-0.2, -0.15) is 0 Å². The molecule has 49 heavy (non-hydrogen) atoms. The molecule has 7 aromatic carbocycles. The number of hydrogen-bond donors (Lipinski definition) is 0. The fourth-order valence-corrected chi connectivity index (χ4v) is 6.49. The summed E-state index contributed by atoms with van der Waals surface area (Å²) in [7, 11) is 0. The third-order valence-corrected chi connectivity index (χ3v) is 8.68. The summed E-state index contributed by atoms with van der Waals surface area (Å²) < 4.78 is 10.8. The Labute approximate surface area is 282 Å². The summed E-state index contributed by atoms with van der Waals surface area (Å²) in [6, 6.07) is 60.1. The summed E-state index contributed by atoms with van der Waals surface area (Å²) in [6.07, 6.45) is 1.41. The van der Waals surface area contributed by atoms with Crippen molar-refractivity contribution in [3.63, 3.8) is 0 Å². The first kappa shape index (κ1) is 28.3. The van der Waals surface area contributed by atoms with Crippen molar-refractivity contribution in [2.24, 2.45) is 0 Å². The van der Waals surface area contributed by atoms with E-state index >= 15 is 0 Å². The molecule has 1 aliphatic heterocycles. The van der Waals surface area contributed by atoms with Crippen LogP contribution in [0.5, 0.6) is 11.5 Å². The van der Waals surface area contributed by atoms with E-state index in [1.807, 2.05) is 42.5 Å². The van der Waals surface area contributed by atoms with Crippen molar-refractivity contribution in [1.29, 1.82) is 0 Å². The van der Waals surface area contributed by atoms with Gasteiger partial charge in [-0.15, -0.1) is 15.0 Å². The molecule has 0 bridgehead atoms. The van der Waals surface area contributed by atoms with Crippen molar-refractivity contribution >= 4 is 39.5 Å². The van der Waals surface area contributed by atoms with Crippen LogP contribution in [-0.4, -0.2) is 26.2 Å². The van der Waals surface area contributed by atoms with E-state index in [9.17, 15) is 0 Å². The second kappa shape index (κ2) is 12.0. The van der Waals surface area contributed by atoms with E-state index in [0.29, 0.717) is 11.5 Å². The Bertz CT molecular complexity index is 2500. The fourth-order valence-electron chi connectivity index (χ4n) is 6.49. The number of para-hydroxylation sites is 1. The Morgan fingerprint density at radius 3 is 1.96 bits per heavy atom. The number of fused-ring (bicyclic) bond motifs is 3. The van der Waals surface area contributed by atoms with E-state index in [4.69, 9.17) is 4.74 Å². The molecule has 0 amide bonds.